The third kappa shape index (κ3) is 1.91. The minimum atomic E-state index is -0.614. The lowest BCUT2D eigenvalue weighted by Gasteiger charge is -1.96. The fourth-order valence-corrected chi connectivity index (χ4v) is 0.807. The van der Waals surface area contributed by atoms with E-state index in [9.17, 15) is 10.1 Å². The number of benzene rings is 1. The first kappa shape index (κ1) is 8.01. The Hall–Kier alpha value is -1.09. The number of nitrogens with zero attached hydrogens (tertiary/aromatic N) is 1. The summed E-state index contributed by atoms with van der Waals surface area (Å²) in [5.74, 6) is 0. The van der Waals surface area contributed by atoms with Crippen LogP contribution in [0.3, 0.4) is 0 Å². The molecule has 0 fully saturated rings. The molecule has 11 heavy (non-hydrogen) atoms. The predicted octanol–water partition coefficient (Wildman–Crippen LogP) is 2.04. The van der Waals surface area contributed by atoms with Crippen molar-refractivity contribution in [1.29, 1.82) is 0 Å². The van der Waals surface area contributed by atoms with Crippen molar-refractivity contribution < 1.29 is 4.92 Å². The molecule has 3 nitrogen and oxygen atoms in total. The highest BCUT2D eigenvalue weighted by Crippen LogP contribution is 2.18. The molecule has 0 N–H and O–H groups in total. The second kappa shape index (κ2) is 3.34. The van der Waals surface area contributed by atoms with Crippen LogP contribution in [0, 0.1) is 15.6 Å². The molecule has 0 bridgehead atoms. The van der Waals surface area contributed by atoms with Crippen LogP contribution in [-0.2, 0) is 0 Å². The van der Waals surface area contributed by atoms with Gasteiger partial charge in [0.15, 0.2) is 0 Å². The zero-order valence-electron chi connectivity index (χ0n) is 5.53. The minimum absolute atomic E-state index is 0.342. The molecule has 1 aromatic rings. The first-order valence-corrected chi connectivity index (χ1v) is 3.32. The van der Waals surface area contributed by atoms with Crippen LogP contribution in [0.1, 0.15) is 5.56 Å². The Bertz CT molecular complexity index is 250. The van der Waals surface area contributed by atoms with E-state index in [0.717, 1.165) is 0 Å². The zero-order valence-corrected chi connectivity index (χ0v) is 6.28. The maximum absolute atomic E-state index is 10.1. The van der Waals surface area contributed by atoms with Crippen molar-refractivity contribution in [3.8, 4) is 0 Å². The van der Waals surface area contributed by atoms with Crippen molar-refractivity contribution in [3.05, 3.63) is 51.5 Å². The van der Waals surface area contributed by atoms with Gasteiger partial charge in [-0.25, -0.2) is 0 Å². The smallest absolute Gasteiger partial charge is 0.262 e. The van der Waals surface area contributed by atoms with Crippen molar-refractivity contribution in [1.82, 2.24) is 0 Å². The molecule has 0 aliphatic heterocycles. The third-order valence-corrected chi connectivity index (χ3v) is 1.53. The largest absolute Gasteiger partial charge is 0.408 e. The first-order chi connectivity index (χ1) is 5.22. The summed E-state index contributed by atoms with van der Waals surface area (Å²) in [5.41, 5.74) is 0.0877. The van der Waals surface area contributed by atoms with E-state index in [-0.39, 0.29) is 5.50 Å². The number of hydrogen-bond donors (Lipinski definition) is 0. The lowest BCUT2D eigenvalue weighted by molar-refractivity contribution is -0.441. The van der Waals surface area contributed by atoms with Crippen molar-refractivity contribution >= 4 is 11.6 Å². The van der Waals surface area contributed by atoms with Crippen molar-refractivity contribution in [2.24, 2.45) is 0 Å². The van der Waals surface area contributed by atoms with Gasteiger partial charge in [-0.05, 0) is 11.6 Å². The summed E-state index contributed by atoms with van der Waals surface area (Å²) in [6.45, 7) is 0. The first-order valence-electron chi connectivity index (χ1n) is 2.94. The fraction of sp³-hybridized carbons (Fsp3) is 0. The van der Waals surface area contributed by atoms with Crippen LogP contribution in [0.15, 0.2) is 30.3 Å². The molecule has 0 saturated heterocycles. The van der Waals surface area contributed by atoms with Crippen LogP contribution in [-0.4, -0.2) is 4.92 Å². The molecule has 0 aliphatic carbocycles. The Morgan fingerprint density at radius 3 is 2.36 bits per heavy atom. The number of halogens is 1. The van der Waals surface area contributed by atoms with Crippen LogP contribution in [0.5, 0.6) is 0 Å². The van der Waals surface area contributed by atoms with E-state index in [1.807, 2.05) is 0 Å². The molecular formula is C7H5ClNO2. The molecule has 0 heterocycles. The summed E-state index contributed by atoms with van der Waals surface area (Å²) in [6, 6.07) is 8.34. The molecule has 0 atom stereocenters. The van der Waals surface area contributed by atoms with Crippen molar-refractivity contribution in [2.45, 2.75) is 0 Å². The van der Waals surface area contributed by atoms with E-state index >= 15 is 0 Å². The number of hydrogen-bond acceptors (Lipinski definition) is 2. The highest BCUT2D eigenvalue weighted by atomic mass is 35.5. The molecule has 1 aromatic carbocycles. The van der Waals surface area contributed by atoms with Crippen LogP contribution in [0.25, 0.3) is 0 Å². The highest BCUT2D eigenvalue weighted by molar-refractivity contribution is 6.27. The van der Waals surface area contributed by atoms with Gasteiger partial charge in [0.25, 0.3) is 0 Å². The molecular weight excluding hydrogens is 166 g/mol. The van der Waals surface area contributed by atoms with Gasteiger partial charge in [-0.3, -0.25) is 10.1 Å². The molecule has 0 saturated carbocycles. The predicted molar refractivity (Wildman–Crippen MR) is 41.6 cm³/mol. The Morgan fingerprint density at radius 1 is 1.36 bits per heavy atom. The Morgan fingerprint density at radius 2 is 1.91 bits per heavy atom. The van der Waals surface area contributed by atoms with Crippen LogP contribution >= 0.6 is 11.6 Å². The summed E-state index contributed by atoms with van der Waals surface area (Å²) in [4.78, 5) is 9.52. The standard InChI is InChI=1S/C7H5ClNO2/c8-7(9(10)11)6-4-2-1-3-5-6/h1-5H. The van der Waals surface area contributed by atoms with Gasteiger partial charge in [-0.2, -0.15) is 0 Å². The van der Waals surface area contributed by atoms with Gasteiger partial charge in [0.05, 0.1) is 10.5 Å². The Kier molecular flexibility index (Phi) is 2.44. The van der Waals surface area contributed by atoms with Gasteiger partial charge in [0, 0.05) is 0 Å². The number of nitro groups is 1. The van der Waals surface area contributed by atoms with Crippen LogP contribution < -0.4 is 0 Å². The highest BCUT2D eigenvalue weighted by Gasteiger charge is 2.21. The Balaban J connectivity index is 2.85. The molecule has 0 aliphatic rings. The topological polar surface area (TPSA) is 43.1 Å². The maximum Gasteiger partial charge on any atom is 0.408 e. The maximum atomic E-state index is 10.1. The van der Waals surface area contributed by atoms with Gasteiger partial charge in [-0.15, -0.1) is 0 Å². The van der Waals surface area contributed by atoms with E-state index in [4.69, 9.17) is 11.6 Å². The van der Waals surface area contributed by atoms with Crippen molar-refractivity contribution in [3.63, 3.8) is 0 Å². The second-order valence-corrected chi connectivity index (χ2v) is 2.27. The molecule has 0 aromatic heterocycles. The lowest BCUT2D eigenvalue weighted by atomic mass is 10.2. The fourth-order valence-electron chi connectivity index (χ4n) is 0.681. The van der Waals surface area contributed by atoms with Gasteiger partial charge < -0.3 is 0 Å². The normalized spacial score (nSPS) is 10.0. The van der Waals surface area contributed by atoms with Crippen LogP contribution in [0.2, 0.25) is 0 Å². The summed E-state index contributed by atoms with van der Waals surface area (Å²) in [7, 11) is 0. The quantitative estimate of drug-likeness (QED) is 0.387. The summed E-state index contributed by atoms with van der Waals surface area (Å²) >= 11 is 5.36. The summed E-state index contributed by atoms with van der Waals surface area (Å²) in [5, 5.41) is 10.1. The minimum Gasteiger partial charge on any atom is -0.262 e. The molecule has 1 rings (SSSR count). The second-order valence-electron chi connectivity index (χ2n) is 1.91. The molecule has 1 radical (unpaired) electrons. The molecule has 0 amide bonds. The summed E-state index contributed by atoms with van der Waals surface area (Å²) < 4.78 is 0. The lowest BCUT2D eigenvalue weighted by Crippen LogP contribution is -2.03. The van der Waals surface area contributed by atoms with E-state index < -0.39 is 4.92 Å². The average molecular weight is 171 g/mol. The Labute approximate surface area is 68.8 Å². The van der Waals surface area contributed by atoms with Gasteiger partial charge >= 0.3 is 5.50 Å². The SMILES string of the molecule is O=[N+]([O-])[C](Cl)c1ccccc1. The van der Waals surface area contributed by atoms with Gasteiger partial charge in [-0.1, -0.05) is 30.3 Å². The van der Waals surface area contributed by atoms with Gasteiger partial charge in [0.1, 0.15) is 0 Å². The van der Waals surface area contributed by atoms with E-state index in [1.54, 1.807) is 30.3 Å². The van der Waals surface area contributed by atoms with Crippen molar-refractivity contribution in [2.75, 3.05) is 0 Å². The number of rotatable bonds is 2. The van der Waals surface area contributed by atoms with Gasteiger partial charge in [0.2, 0.25) is 0 Å². The monoisotopic (exact) mass is 170 g/mol. The molecule has 0 spiro atoms. The molecule has 4 heteroatoms. The van der Waals surface area contributed by atoms with E-state index in [1.165, 1.54) is 0 Å². The van der Waals surface area contributed by atoms with Crippen LogP contribution in [0.4, 0.5) is 0 Å². The average Bonchev–Trinajstić information content (AvgIpc) is 2.05. The summed E-state index contributed by atoms with van der Waals surface area (Å²) in [6.07, 6.45) is 0. The third-order valence-electron chi connectivity index (χ3n) is 1.17. The zero-order chi connectivity index (χ0) is 8.27. The molecule has 0 unspecified atom stereocenters. The van der Waals surface area contributed by atoms with E-state index in [2.05, 4.69) is 0 Å². The van der Waals surface area contributed by atoms with E-state index in [0.29, 0.717) is 5.56 Å². The molecule has 57 valence electrons.